The number of rotatable bonds is 9. The summed E-state index contributed by atoms with van der Waals surface area (Å²) in [6.07, 6.45) is 1.72. The lowest BCUT2D eigenvalue weighted by Gasteiger charge is -2.23. The molecule has 0 aromatic heterocycles. The zero-order valence-electron chi connectivity index (χ0n) is 10.5. The van der Waals surface area contributed by atoms with Crippen LogP contribution in [0.2, 0.25) is 0 Å². The fourth-order valence-electron chi connectivity index (χ4n) is 1.64. The van der Waals surface area contributed by atoms with Gasteiger partial charge in [-0.3, -0.25) is 0 Å². The molecule has 0 unspecified atom stereocenters. The van der Waals surface area contributed by atoms with E-state index in [9.17, 15) is 9.70 Å². The number of unbranched alkanes of at least 4 members (excludes halogenated alkanes) is 2. The quantitative estimate of drug-likeness (QED) is 0.355. The van der Waals surface area contributed by atoms with E-state index in [-0.39, 0.29) is 32.3 Å². The Kier molecular flexibility index (Phi) is 8.13. The van der Waals surface area contributed by atoms with Crippen LogP contribution in [0.15, 0.2) is 5.18 Å². The van der Waals surface area contributed by atoms with Crippen LogP contribution in [0.1, 0.15) is 45.4 Å². The van der Waals surface area contributed by atoms with Crippen molar-refractivity contribution in [2.24, 2.45) is 5.18 Å². The number of carbonyl (C=O) groups is 1. The van der Waals surface area contributed by atoms with E-state index >= 15 is 0 Å². The number of hydrogen-bond donors (Lipinski definition) is 0. The monoisotopic (exact) mass is 251 g/mol. The number of ether oxygens (including phenoxy) is 1. The van der Waals surface area contributed by atoms with Crippen LogP contribution in [-0.4, -0.2) is 18.1 Å². The van der Waals surface area contributed by atoms with Crippen molar-refractivity contribution in [1.29, 1.82) is 10.5 Å². The van der Waals surface area contributed by atoms with E-state index in [0.717, 1.165) is 0 Å². The van der Waals surface area contributed by atoms with Crippen molar-refractivity contribution >= 4 is 5.97 Å². The van der Waals surface area contributed by atoms with Crippen LogP contribution in [0.5, 0.6) is 0 Å². The SMILES string of the molecule is CCOC(=O)C(CCCC#N)(CCCC#N)N=O. The predicted octanol–water partition coefficient (Wildman–Crippen LogP) is 2.44. The first kappa shape index (κ1) is 16.1. The van der Waals surface area contributed by atoms with Crippen LogP contribution in [0.4, 0.5) is 0 Å². The van der Waals surface area contributed by atoms with Gasteiger partial charge in [-0.05, 0) is 32.6 Å². The highest BCUT2D eigenvalue weighted by Gasteiger charge is 2.40. The Balaban J connectivity index is 4.72. The molecule has 0 bridgehead atoms. The van der Waals surface area contributed by atoms with Gasteiger partial charge in [0.1, 0.15) is 0 Å². The average molecular weight is 251 g/mol. The van der Waals surface area contributed by atoms with E-state index < -0.39 is 11.5 Å². The third-order valence-corrected chi connectivity index (χ3v) is 2.59. The number of nitroso groups, excluding NO2 is 1. The summed E-state index contributed by atoms with van der Waals surface area (Å²) in [7, 11) is 0. The molecule has 0 aromatic carbocycles. The second kappa shape index (κ2) is 9.12. The molecule has 0 atom stereocenters. The molecule has 0 aliphatic rings. The zero-order chi connectivity index (χ0) is 13.9. The van der Waals surface area contributed by atoms with Gasteiger partial charge in [-0.2, -0.15) is 10.5 Å². The normalized spacial score (nSPS) is 10.2. The topological polar surface area (TPSA) is 103 Å². The molecule has 0 radical (unpaired) electrons. The highest BCUT2D eigenvalue weighted by Crippen LogP contribution is 2.27. The Morgan fingerprint density at radius 3 is 2.06 bits per heavy atom. The van der Waals surface area contributed by atoms with Gasteiger partial charge in [0.05, 0.1) is 18.7 Å². The van der Waals surface area contributed by atoms with Gasteiger partial charge in [0.25, 0.3) is 0 Å². The maximum Gasteiger partial charge on any atom is 0.337 e. The maximum absolute atomic E-state index is 11.8. The molecule has 18 heavy (non-hydrogen) atoms. The van der Waals surface area contributed by atoms with Gasteiger partial charge in [-0.25, -0.2) is 4.79 Å². The van der Waals surface area contributed by atoms with Crippen molar-refractivity contribution in [1.82, 2.24) is 0 Å². The van der Waals surface area contributed by atoms with Crippen molar-refractivity contribution in [2.45, 2.75) is 51.0 Å². The van der Waals surface area contributed by atoms with E-state index in [0.29, 0.717) is 12.8 Å². The van der Waals surface area contributed by atoms with Gasteiger partial charge in [0.15, 0.2) is 5.54 Å². The summed E-state index contributed by atoms with van der Waals surface area (Å²) in [5, 5.41) is 19.9. The van der Waals surface area contributed by atoms with E-state index in [1.54, 1.807) is 6.92 Å². The van der Waals surface area contributed by atoms with E-state index in [1.165, 1.54) is 0 Å². The molecule has 0 rings (SSSR count). The Labute approximate surface area is 107 Å². The highest BCUT2D eigenvalue weighted by atomic mass is 16.5. The lowest BCUT2D eigenvalue weighted by atomic mass is 9.88. The van der Waals surface area contributed by atoms with Crippen molar-refractivity contribution in [3.8, 4) is 12.1 Å². The van der Waals surface area contributed by atoms with Gasteiger partial charge in [0.2, 0.25) is 0 Å². The second-order valence-corrected chi connectivity index (χ2v) is 3.87. The number of carbonyl (C=O) groups excluding carboxylic acids is 1. The lowest BCUT2D eigenvalue weighted by Crippen LogP contribution is -2.38. The van der Waals surface area contributed by atoms with Crippen molar-refractivity contribution < 1.29 is 9.53 Å². The van der Waals surface area contributed by atoms with Crippen LogP contribution in [0.25, 0.3) is 0 Å². The lowest BCUT2D eigenvalue weighted by molar-refractivity contribution is -0.150. The number of esters is 1. The zero-order valence-corrected chi connectivity index (χ0v) is 10.5. The molecular formula is C12H17N3O3. The molecule has 0 fully saturated rings. The van der Waals surface area contributed by atoms with Gasteiger partial charge in [-0.15, -0.1) is 4.91 Å². The first-order chi connectivity index (χ1) is 8.66. The molecule has 6 heteroatoms. The second-order valence-electron chi connectivity index (χ2n) is 3.87. The van der Waals surface area contributed by atoms with Crippen LogP contribution >= 0.6 is 0 Å². The molecule has 6 nitrogen and oxygen atoms in total. The summed E-state index contributed by atoms with van der Waals surface area (Å²) in [5.41, 5.74) is -1.44. The molecule has 98 valence electrons. The summed E-state index contributed by atoms with van der Waals surface area (Å²) in [6, 6.07) is 3.91. The molecule has 0 aliphatic heterocycles. The first-order valence-electron chi connectivity index (χ1n) is 5.92. The minimum atomic E-state index is -1.44. The standard InChI is InChI=1S/C12H17N3O3/c1-2-18-11(16)12(15-17,7-3-5-9-13)8-4-6-10-14/h2-8H2,1H3. The van der Waals surface area contributed by atoms with Crippen molar-refractivity contribution in [3.05, 3.63) is 4.91 Å². The minimum absolute atomic E-state index is 0.173. The first-order valence-corrected chi connectivity index (χ1v) is 5.92. The number of nitriles is 2. The largest absolute Gasteiger partial charge is 0.464 e. The Morgan fingerprint density at radius 2 is 1.72 bits per heavy atom. The molecule has 0 spiro atoms. The fraction of sp³-hybridized carbons (Fsp3) is 0.750. The summed E-state index contributed by atoms with van der Waals surface area (Å²) in [4.78, 5) is 22.8. The van der Waals surface area contributed by atoms with Gasteiger partial charge in [0, 0.05) is 12.8 Å². The summed E-state index contributed by atoms with van der Waals surface area (Å²) < 4.78 is 4.86. The Hall–Kier alpha value is -1.95. The van der Waals surface area contributed by atoms with Gasteiger partial charge >= 0.3 is 5.97 Å². The number of hydrogen-bond acceptors (Lipinski definition) is 6. The molecule has 0 aliphatic carbocycles. The molecular weight excluding hydrogens is 234 g/mol. The van der Waals surface area contributed by atoms with E-state index in [1.807, 2.05) is 12.1 Å². The smallest absolute Gasteiger partial charge is 0.337 e. The van der Waals surface area contributed by atoms with Crippen molar-refractivity contribution in [2.75, 3.05) is 6.61 Å². The molecule has 0 saturated carbocycles. The van der Waals surface area contributed by atoms with Crippen LogP contribution in [0, 0.1) is 27.6 Å². The third kappa shape index (κ3) is 4.92. The molecule has 0 aromatic rings. The van der Waals surface area contributed by atoms with Crippen LogP contribution < -0.4 is 0 Å². The average Bonchev–Trinajstić information content (AvgIpc) is 2.37. The molecule has 0 N–H and O–H groups in total. The maximum atomic E-state index is 11.8. The minimum Gasteiger partial charge on any atom is -0.464 e. The molecule has 0 saturated heterocycles. The van der Waals surface area contributed by atoms with Crippen LogP contribution in [-0.2, 0) is 9.53 Å². The molecule has 0 amide bonds. The Morgan fingerprint density at radius 1 is 1.22 bits per heavy atom. The number of nitrogens with zero attached hydrogens (tertiary/aromatic N) is 3. The van der Waals surface area contributed by atoms with E-state index in [2.05, 4.69) is 5.18 Å². The van der Waals surface area contributed by atoms with Gasteiger partial charge in [-0.1, -0.05) is 5.18 Å². The predicted molar refractivity (Wildman–Crippen MR) is 64.1 cm³/mol. The van der Waals surface area contributed by atoms with E-state index in [4.69, 9.17) is 15.3 Å². The summed E-state index contributed by atoms with van der Waals surface area (Å²) in [5.74, 6) is -0.657. The third-order valence-electron chi connectivity index (χ3n) is 2.59. The summed E-state index contributed by atoms with van der Waals surface area (Å²) >= 11 is 0. The Bertz CT molecular complexity index is 335. The molecule has 0 heterocycles. The van der Waals surface area contributed by atoms with Crippen LogP contribution in [0.3, 0.4) is 0 Å². The fourth-order valence-corrected chi connectivity index (χ4v) is 1.64. The highest BCUT2D eigenvalue weighted by molar-refractivity contribution is 5.81. The van der Waals surface area contributed by atoms with Crippen molar-refractivity contribution in [3.63, 3.8) is 0 Å². The van der Waals surface area contributed by atoms with Gasteiger partial charge < -0.3 is 4.74 Å². The summed E-state index contributed by atoms with van der Waals surface area (Å²) in [6.45, 7) is 1.82.